The maximum absolute atomic E-state index is 12.5. The molecule has 0 aliphatic carbocycles. The molecule has 1 N–H and O–H groups in total. The fourth-order valence-electron chi connectivity index (χ4n) is 3.00. The second-order valence-corrected chi connectivity index (χ2v) is 5.95. The van der Waals surface area contributed by atoms with Gasteiger partial charge < -0.3 is 14.4 Å². The van der Waals surface area contributed by atoms with Crippen molar-refractivity contribution in [3.8, 4) is 0 Å². The average Bonchev–Trinajstić information content (AvgIpc) is 2.89. The molecule has 2 aromatic rings. The molecule has 0 radical (unpaired) electrons. The molecule has 1 fully saturated rings. The van der Waals surface area contributed by atoms with Crippen molar-refractivity contribution < 1.29 is 14.7 Å². The molecule has 116 valence electrons. The van der Waals surface area contributed by atoms with E-state index in [4.69, 9.17) is 0 Å². The molecule has 0 spiro atoms. The van der Waals surface area contributed by atoms with Gasteiger partial charge in [-0.05, 0) is 30.9 Å². The van der Waals surface area contributed by atoms with Crippen molar-refractivity contribution in [1.82, 2.24) is 14.3 Å². The fraction of sp³-hybridized carbons (Fsp3) is 0.438. The predicted molar refractivity (Wildman–Crippen MR) is 80.4 cm³/mol. The van der Waals surface area contributed by atoms with Crippen LogP contribution in [0.15, 0.2) is 30.6 Å². The van der Waals surface area contributed by atoms with Crippen molar-refractivity contribution in [3.63, 3.8) is 0 Å². The first-order chi connectivity index (χ1) is 10.5. The third-order valence-electron chi connectivity index (χ3n) is 4.22. The van der Waals surface area contributed by atoms with Gasteiger partial charge in [-0.3, -0.25) is 4.79 Å². The number of likely N-dealkylation sites (tertiary alicyclic amines) is 1. The van der Waals surface area contributed by atoms with Crippen LogP contribution in [0.1, 0.15) is 25.5 Å². The zero-order valence-electron chi connectivity index (χ0n) is 12.5. The predicted octanol–water partition coefficient (Wildman–Crippen LogP) is 1.59. The number of nitrogens with zero attached hydrogens (tertiary/aromatic N) is 3. The summed E-state index contributed by atoms with van der Waals surface area (Å²) in [4.78, 5) is 29.8. The zero-order chi connectivity index (χ0) is 15.7. The van der Waals surface area contributed by atoms with Gasteiger partial charge in [0, 0.05) is 18.9 Å². The van der Waals surface area contributed by atoms with E-state index < -0.39 is 12.0 Å². The first kappa shape index (κ1) is 14.6. The second kappa shape index (κ2) is 5.79. The first-order valence-corrected chi connectivity index (χ1v) is 7.49. The number of amides is 1. The van der Waals surface area contributed by atoms with Crippen molar-refractivity contribution in [2.75, 3.05) is 6.54 Å². The standard InChI is InChI=1S/C16H19N3O3/c1-11-5-7-19(13(8-11)16(21)22)15(20)9-12-10-18-6-3-2-4-14(18)17-12/h2-4,6,10-11,13H,5,7-9H2,1H3,(H,21,22)/t11-,13+/m1/s1. The number of pyridine rings is 1. The molecule has 3 heterocycles. The highest BCUT2D eigenvalue weighted by Gasteiger charge is 2.34. The van der Waals surface area contributed by atoms with Gasteiger partial charge in [0.05, 0.1) is 12.1 Å². The van der Waals surface area contributed by atoms with Gasteiger partial charge >= 0.3 is 5.97 Å². The van der Waals surface area contributed by atoms with Crippen LogP contribution >= 0.6 is 0 Å². The summed E-state index contributed by atoms with van der Waals surface area (Å²) < 4.78 is 1.86. The van der Waals surface area contributed by atoms with Crippen LogP contribution in [-0.2, 0) is 16.0 Å². The molecule has 6 nitrogen and oxygen atoms in total. The number of piperidine rings is 1. The summed E-state index contributed by atoms with van der Waals surface area (Å²) in [5.41, 5.74) is 1.45. The molecular formula is C16H19N3O3. The highest BCUT2D eigenvalue weighted by molar-refractivity contribution is 5.85. The lowest BCUT2D eigenvalue weighted by molar-refractivity contribution is -0.152. The van der Waals surface area contributed by atoms with Crippen molar-refractivity contribution in [2.45, 2.75) is 32.2 Å². The molecule has 0 unspecified atom stereocenters. The van der Waals surface area contributed by atoms with E-state index in [0.717, 1.165) is 12.1 Å². The van der Waals surface area contributed by atoms with Gasteiger partial charge in [0.1, 0.15) is 11.7 Å². The Hall–Kier alpha value is -2.37. The Morgan fingerprint density at radius 2 is 2.23 bits per heavy atom. The Morgan fingerprint density at radius 3 is 2.95 bits per heavy atom. The molecule has 0 bridgehead atoms. The van der Waals surface area contributed by atoms with Crippen LogP contribution in [0.5, 0.6) is 0 Å². The molecule has 1 saturated heterocycles. The van der Waals surface area contributed by atoms with E-state index in [2.05, 4.69) is 4.98 Å². The quantitative estimate of drug-likeness (QED) is 0.934. The number of carboxylic acid groups (broad SMARTS) is 1. The van der Waals surface area contributed by atoms with E-state index in [1.165, 1.54) is 4.90 Å². The largest absolute Gasteiger partial charge is 0.480 e. The Kier molecular flexibility index (Phi) is 3.83. The molecule has 22 heavy (non-hydrogen) atoms. The van der Waals surface area contributed by atoms with Gasteiger partial charge in [0.15, 0.2) is 0 Å². The summed E-state index contributed by atoms with van der Waals surface area (Å²) in [6.45, 7) is 2.53. The smallest absolute Gasteiger partial charge is 0.326 e. The molecule has 2 atom stereocenters. The molecule has 1 aliphatic rings. The fourth-order valence-corrected chi connectivity index (χ4v) is 3.00. The Balaban J connectivity index is 1.76. The lowest BCUT2D eigenvalue weighted by Crippen LogP contribution is -2.50. The summed E-state index contributed by atoms with van der Waals surface area (Å²) in [6.07, 6.45) is 5.20. The van der Waals surface area contributed by atoms with E-state index in [9.17, 15) is 14.7 Å². The van der Waals surface area contributed by atoms with Gasteiger partial charge in [-0.25, -0.2) is 9.78 Å². The monoisotopic (exact) mass is 301 g/mol. The van der Waals surface area contributed by atoms with E-state index >= 15 is 0 Å². The highest BCUT2D eigenvalue weighted by Crippen LogP contribution is 2.23. The Morgan fingerprint density at radius 1 is 1.41 bits per heavy atom. The summed E-state index contributed by atoms with van der Waals surface area (Å²) in [5, 5.41) is 9.34. The number of carboxylic acids is 1. The number of fused-ring (bicyclic) bond motifs is 1. The highest BCUT2D eigenvalue weighted by atomic mass is 16.4. The van der Waals surface area contributed by atoms with Gasteiger partial charge in [-0.2, -0.15) is 0 Å². The number of carbonyl (C=O) groups excluding carboxylic acids is 1. The second-order valence-electron chi connectivity index (χ2n) is 5.95. The van der Waals surface area contributed by atoms with Crippen LogP contribution in [-0.4, -0.2) is 43.9 Å². The molecule has 6 heteroatoms. The van der Waals surface area contributed by atoms with Gasteiger partial charge in [0.2, 0.25) is 5.91 Å². The Bertz CT molecular complexity index is 676. The van der Waals surface area contributed by atoms with E-state index in [-0.39, 0.29) is 12.3 Å². The van der Waals surface area contributed by atoms with Crippen molar-refractivity contribution >= 4 is 17.5 Å². The minimum absolute atomic E-state index is 0.139. The van der Waals surface area contributed by atoms with Crippen LogP contribution in [0.2, 0.25) is 0 Å². The van der Waals surface area contributed by atoms with E-state index in [0.29, 0.717) is 24.6 Å². The minimum atomic E-state index is -0.921. The van der Waals surface area contributed by atoms with E-state index in [1.807, 2.05) is 41.9 Å². The normalized spacial score (nSPS) is 22.0. The molecule has 0 saturated carbocycles. The van der Waals surface area contributed by atoms with Crippen molar-refractivity contribution in [2.24, 2.45) is 5.92 Å². The molecule has 1 amide bonds. The van der Waals surface area contributed by atoms with Crippen LogP contribution in [0.25, 0.3) is 5.65 Å². The van der Waals surface area contributed by atoms with Crippen LogP contribution in [0, 0.1) is 5.92 Å². The lowest BCUT2D eigenvalue weighted by Gasteiger charge is -2.35. The molecular weight excluding hydrogens is 282 g/mol. The van der Waals surface area contributed by atoms with Gasteiger partial charge in [-0.1, -0.05) is 13.0 Å². The topological polar surface area (TPSA) is 74.9 Å². The number of hydrogen-bond donors (Lipinski definition) is 1. The first-order valence-electron chi connectivity index (χ1n) is 7.49. The Labute approximate surface area is 128 Å². The number of hydrogen-bond acceptors (Lipinski definition) is 3. The van der Waals surface area contributed by atoms with Crippen LogP contribution in [0.4, 0.5) is 0 Å². The SMILES string of the molecule is C[C@@H]1CCN(C(=O)Cc2cn3ccccc3n2)[C@H](C(=O)O)C1. The maximum atomic E-state index is 12.5. The maximum Gasteiger partial charge on any atom is 0.326 e. The molecule has 1 aliphatic heterocycles. The summed E-state index contributed by atoms with van der Waals surface area (Å²) in [6, 6.07) is 4.94. The zero-order valence-corrected chi connectivity index (χ0v) is 12.5. The number of aromatic nitrogens is 2. The molecule has 3 rings (SSSR count). The van der Waals surface area contributed by atoms with Crippen molar-refractivity contribution in [1.29, 1.82) is 0 Å². The summed E-state index contributed by atoms with van der Waals surface area (Å²) >= 11 is 0. The van der Waals surface area contributed by atoms with Gasteiger partial charge in [-0.15, -0.1) is 0 Å². The molecule has 2 aromatic heterocycles. The van der Waals surface area contributed by atoms with E-state index in [1.54, 1.807) is 0 Å². The summed E-state index contributed by atoms with van der Waals surface area (Å²) in [7, 11) is 0. The number of imidazole rings is 1. The van der Waals surface area contributed by atoms with Crippen LogP contribution < -0.4 is 0 Å². The molecule has 0 aromatic carbocycles. The number of carbonyl (C=O) groups is 2. The lowest BCUT2D eigenvalue weighted by atomic mass is 9.92. The van der Waals surface area contributed by atoms with Crippen molar-refractivity contribution in [3.05, 3.63) is 36.3 Å². The van der Waals surface area contributed by atoms with Gasteiger partial charge in [0.25, 0.3) is 0 Å². The average molecular weight is 301 g/mol. The van der Waals surface area contributed by atoms with Crippen LogP contribution in [0.3, 0.4) is 0 Å². The number of aliphatic carboxylic acids is 1. The third kappa shape index (κ3) is 2.81. The summed E-state index contributed by atoms with van der Waals surface area (Å²) in [5.74, 6) is -0.752. The number of rotatable bonds is 3. The third-order valence-corrected chi connectivity index (χ3v) is 4.22. The minimum Gasteiger partial charge on any atom is -0.480 e.